The van der Waals surface area contributed by atoms with Crippen LogP contribution in [0.3, 0.4) is 0 Å². The quantitative estimate of drug-likeness (QED) is 0.627. The number of hydrogen-bond acceptors (Lipinski definition) is 5. The van der Waals surface area contributed by atoms with Crippen molar-refractivity contribution in [2.24, 2.45) is 4.99 Å². The summed E-state index contributed by atoms with van der Waals surface area (Å²) < 4.78 is 5.41. The molecule has 0 bridgehead atoms. The van der Waals surface area contributed by atoms with Crippen molar-refractivity contribution in [3.63, 3.8) is 0 Å². The highest BCUT2D eigenvalue weighted by Crippen LogP contribution is 2.16. The van der Waals surface area contributed by atoms with E-state index in [9.17, 15) is 0 Å². The van der Waals surface area contributed by atoms with Gasteiger partial charge in [0.2, 0.25) is 5.88 Å². The minimum Gasteiger partial charge on any atom is -0.478 e. The van der Waals surface area contributed by atoms with Crippen molar-refractivity contribution in [1.29, 1.82) is 0 Å². The molecule has 0 aliphatic heterocycles. The van der Waals surface area contributed by atoms with Crippen LogP contribution >= 0.6 is 11.3 Å². The number of aliphatic imine (C=N–C) groups is 1. The van der Waals surface area contributed by atoms with E-state index < -0.39 is 0 Å². The topological polar surface area (TPSA) is 71.4 Å². The van der Waals surface area contributed by atoms with Crippen LogP contribution in [0.4, 0.5) is 0 Å². The minimum atomic E-state index is 0.612. The lowest BCUT2D eigenvalue weighted by molar-refractivity contribution is 0.326. The molecule has 2 rings (SSSR count). The van der Waals surface area contributed by atoms with Gasteiger partial charge in [-0.15, -0.1) is 11.3 Å². The number of aryl methyl sites for hydroxylation is 2. The number of hydrogen-bond donors (Lipinski definition) is 2. The molecule has 0 atom stereocenters. The highest BCUT2D eigenvalue weighted by atomic mass is 32.1. The fourth-order valence-electron chi connectivity index (χ4n) is 2.10. The van der Waals surface area contributed by atoms with Gasteiger partial charge < -0.3 is 15.4 Å². The van der Waals surface area contributed by atoms with Crippen molar-refractivity contribution < 1.29 is 4.74 Å². The van der Waals surface area contributed by atoms with Gasteiger partial charge in [-0.2, -0.15) is 0 Å². The second kappa shape index (κ2) is 8.47. The van der Waals surface area contributed by atoms with Crippen LogP contribution in [0.1, 0.15) is 28.1 Å². The van der Waals surface area contributed by atoms with Crippen molar-refractivity contribution in [3.05, 3.63) is 39.5 Å². The average molecular weight is 333 g/mol. The number of pyridine rings is 1. The maximum Gasteiger partial charge on any atom is 0.213 e. The van der Waals surface area contributed by atoms with E-state index in [2.05, 4.69) is 25.6 Å². The maximum absolute atomic E-state index is 5.41. The van der Waals surface area contributed by atoms with Gasteiger partial charge in [0.25, 0.3) is 0 Å². The molecule has 0 aliphatic carbocycles. The van der Waals surface area contributed by atoms with Crippen LogP contribution in [0.15, 0.2) is 23.3 Å². The van der Waals surface area contributed by atoms with Crippen molar-refractivity contribution in [2.75, 3.05) is 13.7 Å². The Labute approximate surface area is 141 Å². The van der Waals surface area contributed by atoms with E-state index in [0.717, 1.165) is 28.8 Å². The van der Waals surface area contributed by atoms with Gasteiger partial charge in [0.05, 0.1) is 23.9 Å². The molecular formula is C16H23N5OS. The summed E-state index contributed by atoms with van der Waals surface area (Å²) >= 11 is 1.71. The second-order valence-electron chi connectivity index (χ2n) is 4.96. The molecule has 2 aromatic heterocycles. The van der Waals surface area contributed by atoms with Gasteiger partial charge in [0.1, 0.15) is 0 Å². The molecule has 2 heterocycles. The summed E-state index contributed by atoms with van der Waals surface area (Å²) in [6.07, 6.45) is 1.75. The summed E-state index contributed by atoms with van der Waals surface area (Å²) in [5.74, 6) is 1.40. The first kappa shape index (κ1) is 17.2. The van der Waals surface area contributed by atoms with Gasteiger partial charge in [0.15, 0.2) is 5.96 Å². The first-order chi connectivity index (χ1) is 11.1. The SMILES string of the molecule is CCOc1cc(CNC(=NC)NCc2sc(C)nc2C)ccn1. The Bertz CT molecular complexity index is 668. The summed E-state index contributed by atoms with van der Waals surface area (Å²) in [6.45, 7) is 7.99. The third-order valence-corrected chi connectivity index (χ3v) is 4.26. The third-order valence-electron chi connectivity index (χ3n) is 3.19. The average Bonchev–Trinajstić information content (AvgIpc) is 2.86. The maximum atomic E-state index is 5.41. The number of nitrogens with zero attached hydrogens (tertiary/aromatic N) is 3. The molecule has 0 saturated heterocycles. The van der Waals surface area contributed by atoms with E-state index >= 15 is 0 Å². The molecule has 124 valence electrons. The van der Waals surface area contributed by atoms with Crippen LogP contribution in [0.25, 0.3) is 0 Å². The van der Waals surface area contributed by atoms with Crippen molar-refractivity contribution >= 4 is 17.3 Å². The van der Waals surface area contributed by atoms with Crippen molar-refractivity contribution in [2.45, 2.75) is 33.9 Å². The monoisotopic (exact) mass is 333 g/mol. The summed E-state index contributed by atoms with van der Waals surface area (Å²) in [4.78, 5) is 14.1. The first-order valence-electron chi connectivity index (χ1n) is 7.57. The van der Waals surface area contributed by atoms with Crippen LogP contribution in [0, 0.1) is 13.8 Å². The summed E-state index contributed by atoms with van der Waals surface area (Å²) in [6, 6.07) is 3.89. The summed E-state index contributed by atoms with van der Waals surface area (Å²) in [5.41, 5.74) is 2.17. The Hall–Kier alpha value is -2.15. The molecule has 0 fully saturated rings. The number of ether oxygens (including phenoxy) is 1. The predicted molar refractivity (Wildman–Crippen MR) is 94.0 cm³/mol. The van der Waals surface area contributed by atoms with Gasteiger partial charge in [-0.25, -0.2) is 9.97 Å². The summed E-state index contributed by atoms with van der Waals surface area (Å²) in [5, 5.41) is 7.69. The molecule has 0 aromatic carbocycles. The Morgan fingerprint density at radius 1 is 1.30 bits per heavy atom. The van der Waals surface area contributed by atoms with Gasteiger partial charge in [-0.1, -0.05) is 0 Å². The molecule has 0 radical (unpaired) electrons. The highest BCUT2D eigenvalue weighted by Gasteiger charge is 2.06. The number of thiazole rings is 1. The molecule has 0 amide bonds. The van der Waals surface area contributed by atoms with Crippen LogP contribution < -0.4 is 15.4 Å². The smallest absolute Gasteiger partial charge is 0.213 e. The predicted octanol–water partition coefficient (Wildman–Crippen LogP) is 2.42. The number of nitrogens with one attached hydrogen (secondary N) is 2. The third kappa shape index (κ3) is 5.21. The molecule has 0 saturated carbocycles. The summed E-state index contributed by atoms with van der Waals surface area (Å²) in [7, 11) is 1.76. The van der Waals surface area contributed by atoms with Crippen LogP contribution in [0.2, 0.25) is 0 Å². The minimum absolute atomic E-state index is 0.612. The number of guanidine groups is 1. The van der Waals surface area contributed by atoms with Crippen LogP contribution in [-0.2, 0) is 13.1 Å². The Morgan fingerprint density at radius 2 is 2.09 bits per heavy atom. The zero-order valence-corrected chi connectivity index (χ0v) is 14.8. The zero-order chi connectivity index (χ0) is 16.7. The Kier molecular flexibility index (Phi) is 6.34. The van der Waals surface area contributed by atoms with E-state index in [1.165, 1.54) is 4.88 Å². The van der Waals surface area contributed by atoms with Gasteiger partial charge in [-0.3, -0.25) is 4.99 Å². The highest BCUT2D eigenvalue weighted by molar-refractivity contribution is 7.11. The largest absolute Gasteiger partial charge is 0.478 e. The van der Waals surface area contributed by atoms with Gasteiger partial charge in [-0.05, 0) is 32.4 Å². The van der Waals surface area contributed by atoms with Gasteiger partial charge >= 0.3 is 0 Å². The Morgan fingerprint density at radius 3 is 2.74 bits per heavy atom. The standard InChI is InChI=1S/C16H23N5OS/c1-5-22-15-8-13(6-7-18-15)9-19-16(17-4)20-10-14-11(2)21-12(3)23-14/h6-8H,5,9-10H2,1-4H3,(H2,17,19,20). The van der Waals surface area contributed by atoms with E-state index in [1.807, 2.05) is 32.9 Å². The molecule has 7 heteroatoms. The number of aromatic nitrogens is 2. The Balaban J connectivity index is 1.88. The van der Waals surface area contributed by atoms with E-state index in [0.29, 0.717) is 19.0 Å². The van der Waals surface area contributed by atoms with E-state index in [1.54, 1.807) is 24.6 Å². The molecule has 2 N–H and O–H groups in total. The van der Waals surface area contributed by atoms with Crippen LogP contribution in [-0.4, -0.2) is 29.6 Å². The lowest BCUT2D eigenvalue weighted by atomic mass is 10.2. The first-order valence-corrected chi connectivity index (χ1v) is 8.39. The van der Waals surface area contributed by atoms with Gasteiger partial charge in [0, 0.05) is 30.7 Å². The fourth-order valence-corrected chi connectivity index (χ4v) is 2.97. The molecule has 0 unspecified atom stereocenters. The molecule has 6 nitrogen and oxygen atoms in total. The second-order valence-corrected chi connectivity index (χ2v) is 6.24. The number of rotatable bonds is 6. The molecule has 2 aromatic rings. The zero-order valence-electron chi connectivity index (χ0n) is 14.0. The molecule has 0 spiro atoms. The van der Waals surface area contributed by atoms with Crippen molar-refractivity contribution in [3.8, 4) is 5.88 Å². The lowest BCUT2D eigenvalue weighted by Gasteiger charge is -2.12. The lowest BCUT2D eigenvalue weighted by Crippen LogP contribution is -2.36. The molecule has 23 heavy (non-hydrogen) atoms. The molecular weight excluding hydrogens is 310 g/mol. The normalized spacial score (nSPS) is 11.4. The van der Waals surface area contributed by atoms with E-state index in [-0.39, 0.29) is 0 Å². The van der Waals surface area contributed by atoms with Crippen LogP contribution in [0.5, 0.6) is 5.88 Å². The van der Waals surface area contributed by atoms with Crippen molar-refractivity contribution in [1.82, 2.24) is 20.6 Å². The fraction of sp³-hybridized carbons (Fsp3) is 0.438. The molecule has 0 aliphatic rings. The van der Waals surface area contributed by atoms with E-state index in [4.69, 9.17) is 4.74 Å².